The number of aromatic amines is 1. The molecule has 1 heterocycles. The number of fused-ring (bicyclic) bond motifs is 1. The summed E-state index contributed by atoms with van der Waals surface area (Å²) < 4.78 is 5.29. The van der Waals surface area contributed by atoms with Crippen LogP contribution >= 0.6 is 0 Å². The Bertz CT molecular complexity index is 998. The molecule has 0 saturated carbocycles. The number of ether oxygens (including phenoxy) is 1. The predicted octanol–water partition coefficient (Wildman–Crippen LogP) is 3.74. The van der Waals surface area contributed by atoms with E-state index in [1.807, 2.05) is 31.2 Å². The number of nitrogens with one attached hydrogen (secondary N) is 1. The van der Waals surface area contributed by atoms with Crippen molar-refractivity contribution in [1.29, 1.82) is 5.26 Å². The van der Waals surface area contributed by atoms with E-state index in [9.17, 15) is 9.90 Å². The maximum absolute atomic E-state index is 11.8. The van der Waals surface area contributed by atoms with Crippen molar-refractivity contribution in [1.82, 2.24) is 4.98 Å². The van der Waals surface area contributed by atoms with Crippen LogP contribution in [0.5, 0.6) is 11.6 Å². The van der Waals surface area contributed by atoms with Crippen LogP contribution in [0.3, 0.4) is 0 Å². The molecule has 0 aliphatic rings. The Balaban J connectivity index is 1.69. The van der Waals surface area contributed by atoms with Gasteiger partial charge in [0.1, 0.15) is 5.75 Å². The second kappa shape index (κ2) is 6.84. The lowest BCUT2D eigenvalue weighted by Crippen LogP contribution is -2.07. The first-order valence-electron chi connectivity index (χ1n) is 7.45. The van der Waals surface area contributed by atoms with Crippen LogP contribution in [0.2, 0.25) is 0 Å². The molecule has 0 unspecified atom stereocenters. The summed E-state index contributed by atoms with van der Waals surface area (Å²) in [7, 11) is 0. The number of hydrogen-bond donors (Lipinski definition) is 2. The van der Waals surface area contributed by atoms with E-state index >= 15 is 0 Å². The third-order valence-corrected chi connectivity index (χ3v) is 3.51. The summed E-state index contributed by atoms with van der Waals surface area (Å²) >= 11 is 0. The molecule has 0 fully saturated rings. The summed E-state index contributed by atoms with van der Waals surface area (Å²) in [4.78, 5) is 14.6. The number of nitriles is 1. The minimum atomic E-state index is -0.592. The topological polar surface area (TPSA) is 111 Å². The van der Waals surface area contributed by atoms with Gasteiger partial charge in [-0.15, -0.1) is 10.2 Å². The van der Waals surface area contributed by atoms with Gasteiger partial charge in [-0.25, -0.2) is 0 Å². The number of carbonyl (C=O) groups excluding carboxylic acids is 1. The largest absolute Gasteiger partial charge is 0.493 e. The molecule has 124 valence electrons. The number of carbonyl (C=O) groups is 1. The minimum absolute atomic E-state index is 0.148. The van der Waals surface area contributed by atoms with Crippen LogP contribution < -0.4 is 4.74 Å². The average Bonchev–Trinajstić information content (AvgIpc) is 2.93. The van der Waals surface area contributed by atoms with Gasteiger partial charge >= 0.3 is 5.91 Å². The molecule has 1 aromatic heterocycles. The number of rotatable bonds is 4. The highest BCUT2D eigenvalue weighted by molar-refractivity contribution is 5.94. The smallest absolute Gasteiger partial charge is 0.302 e. The number of amides is 1. The van der Waals surface area contributed by atoms with Gasteiger partial charge in [-0.2, -0.15) is 5.26 Å². The molecule has 7 nitrogen and oxygen atoms in total. The number of aromatic nitrogens is 1. The van der Waals surface area contributed by atoms with E-state index in [0.717, 1.165) is 5.56 Å². The molecule has 0 radical (unpaired) electrons. The van der Waals surface area contributed by atoms with Gasteiger partial charge in [-0.1, -0.05) is 11.6 Å². The normalized spacial score (nSPS) is 10.9. The molecule has 0 aliphatic carbocycles. The summed E-state index contributed by atoms with van der Waals surface area (Å²) in [5, 5.41) is 26.8. The van der Waals surface area contributed by atoms with Gasteiger partial charge in [0.15, 0.2) is 12.3 Å². The third kappa shape index (κ3) is 3.64. The van der Waals surface area contributed by atoms with E-state index in [2.05, 4.69) is 15.2 Å². The van der Waals surface area contributed by atoms with E-state index < -0.39 is 5.91 Å². The number of azo groups is 1. The van der Waals surface area contributed by atoms with Crippen molar-refractivity contribution >= 4 is 22.5 Å². The molecule has 2 aromatic carbocycles. The Morgan fingerprint density at radius 2 is 2.04 bits per heavy atom. The van der Waals surface area contributed by atoms with Crippen LogP contribution in [0.4, 0.5) is 5.69 Å². The standard InChI is InChI=1S/C18H14N4O3/c1-11-2-7-15-14(8-11)17(18(24)20-15)22-21-16(23)10-25-13-5-3-12(9-19)4-6-13/h2-8,20,24H,10H2,1H3. The zero-order chi connectivity index (χ0) is 17.8. The predicted molar refractivity (Wildman–Crippen MR) is 90.9 cm³/mol. The number of H-pyrrole nitrogens is 1. The zero-order valence-corrected chi connectivity index (χ0v) is 13.4. The van der Waals surface area contributed by atoms with Crippen molar-refractivity contribution in [3.05, 3.63) is 53.6 Å². The van der Waals surface area contributed by atoms with Crippen molar-refractivity contribution in [2.75, 3.05) is 6.61 Å². The average molecular weight is 334 g/mol. The van der Waals surface area contributed by atoms with E-state index in [1.54, 1.807) is 24.3 Å². The number of aromatic hydroxyl groups is 1. The van der Waals surface area contributed by atoms with Gasteiger partial charge < -0.3 is 14.8 Å². The van der Waals surface area contributed by atoms with Crippen molar-refractivity contribution in [3.63, 3.8) is 0 Å². The highest BCUT2D eigenvalue weighted by atomic mass is 16.5. The molecule has 1 amide bonds. The van der Waals surface area contributed by atoms with E-state index in [-0.39, 0.29) is 18.2 Å². The molecule has 0 atom stereocenters. The SMILES string of the molecule is Cc1ccc2[nH]c(O)c(N=NC(=O)COc3ccc(C#N)cc3)c2c1. The molecule has 25 heavy (non-hydrogen) atoms. The first kappa shape index (κ1) is 16.2. The zero-order valence-electron chi connectivity index (χ0n) is 13.4. The van der Waals surface area contributed by atoms with E-state index in [0.29, 0.717) is 22.2 Å². The number of aryl methyl sites for hydroxylation is 1. The van der Waals surface area contributed by atoms with Crippen LogP contribution in [0, 0.1) is 18.3 Å². The number of benzene rings is 2. The molecule has 0 aliphatic heterocycles. The van der Waals surface area contributed by atoms with Gasteiger partial charge in [0.05, 0.1) is 17.1 Å². The van der Waals surface area contributed by atoms with Crippen molar-refractivity contribution < 1.29 is 14.6 Å². The third-order valence-electron chi connectivity index (χ3n) is 3.51. The minimum Gasteiger partial charge on any atom is -0.493 e. The summed E-state index contributed by atoms with van der Waals surface area (Å²) in [6.07, 6.45) is 0. The van der Waals surface area contributed by atoms with Crippen molar-refractivity contribution in [2.24, 2.45) is 10.2 Å². The molecule has 2 N–H and O–H groups in total. The first-order chi connectivity index (χ1) is 12.1. The summed E-state index contributed by atoms with van der Waals surface area (Å²) in [5.41, 5.74) is 2.42. The molecule has 3 aromatic rings. The van der Waals surface area contributed by atoms with Gasteiger partial charge in [0.2, 0.25) is 5.88 Å². The van der Waals surface area contributed by atoms with Crippen molar-refractivity contribution in [2.45, 2.75) is 6.92 Å². The van der Waals surface area contributed by atoms with E-state index in [4.69, 9.17) is 10.00 Å². The lowest BCUT2D eigenvalue weighted by atomic mass is 10.2. The lowest BCUT2D eigenvalue weighted by Gasteiger charge is -2.02. The number of nitrogens with zero attached hydrogens (tertiary/aromatic N) is 3. The maximum atomic E-state index is 11.8. The fraction of sp³-hybridized carbons (Fsp3) is 0.111. The molecular formula is C18H14N4O3. The quantitative estimate of drug-likeness (QED) is 0.708. The summed E-state index contributed by atoms with van der Waals surface area (Å²) in [5.74, 6) is -0.288. The van der Waals surface area contributed by atoms with Crippen LogP contribution in [0.15, 0.2) is 52.7 Å². The molecule has 7 heteroatoms. The fourth-order valence-corrected chi connectivity index (χ4v) is 2.28. The lowest BCUT2D eigenvalue weighted by molar-refractivity contribution is -0.120. The molecule has 0 spiro atoms. The van der Waals surface area contributed by atoms with Crippen molar-refractivity contribution in [3.8, 4) is 17.7 Å². The molecule has 3 rings (SSSR count). The molecule has 0 saturated heterocycles. The second-order valence-electron chi connectivity index (χ2n) is 5.39. The Morgan fingerprint density at radius 1 is 1.28 bits per heavy atom. The van der Waals surface area contributed by atoms with Gasteiger partial charge in [0, 0.05) is 5.39 Å². The first-order valence-corrected chi connectivity index (χ1v) is 7.45. The number of hydrogen-bond acceptors (Lipinski definition) is 5. The summed E-state index contributed by atoms with van der Waals surface area (Å²) in [6.45, 7) is 1.62. The van der Waals surface area contributed by atoms with Crippen LogP contribution in [-0.4, -0.2) is 22.6 Å². The Hall–Kier alpha value is -3.66. The maximum Gasteiger partial charge on any atom is 0.302 e. The monoisotopic (exact) mass is 334 g/mol. The molecule has 0 bridgehead atoms. The Labute approximate surface area is 143 Å². The second-order valence-corrected chi connectivity index (χ2v) is 5.39. The highest BCUT2D eigenvalue weighted by Gasteiger charge is 2.11. The van der Waals surface area contributed by atoms with E-state index in [1.165, 1.54) is 0 Å². The Morgan fingerprint density at radius 3 is 2.76 bits per heavy atom. The highest BCUT2D eigenvalue weighted by Crippen LogP contribution is 2.35. The Kier molecular flexibility index (Phi) is 4.44. The molecular weight excluding hydrogens is 320 g/mol. The van der Waals surface area contributed by atoms with Gasteiger partial charge in [-0.3, -0.25) is 4.79 Å². The van der Waals surface area contributed by atoms with Crippen LogP contribution in [-0.2, 0) is 4.79 Å². The van der Waals surface area contributed by atoms with Crippen LogP contribution in [0.25, 0.3) is 10.9 Å². The van der Waals surface area contributed by atoms with Gasteiger partial charge in [-0.05, 0) is 43.3 Å². The van der Waals surface area contributed by atoms with Gasteiger partial charge in [0.25, 0.3) is 0 Å². The summed E-state index contributed by atoms with van der Waals surface area (Å²) in [6, 6.07) is 13.9. The van der Waals surface area contributed by atoms with Crippen LogP contribution in [0.1, 0.15) is 11.1 Å². The fourth-order valence-electron chi connectivity index (χ4n) is 2.28.